The molecule has 2 unspecified atom stereocenters. The number of hydrogen-bond donors (Lipinski definition) is 1. The molecule has 0 aliphatic heterocycles. The Kier molecular flexibility index (Phi) is 39.2. The number of carboxylic acid groups (broad SMARTS) is 1. The van der Waals surface area contributed by atoms with Crippen LogP contribution in [0, 0.1) is 0 Å². The highest BCUT2D eigenvalue weighted by molar-refractivity contribution is 5.72. The SMILES string of the molecule is CC/C=C/C/C=C/C/C=C/C/C=C/C/C=C/C/C=C/CCCCCCC(=O)OC(COCCC(C(=O)O)[N+](C)(C)C)COC(=O)CCCCCCCCCCCCCC. The van der Waals surface area contributed by atoms with Gasteiger partial charge in [0, 0.05) is 19.3 Å². The molecule has 0 aliphatic carbocycles. The predicted molar refractivity (Wildman–Crippen MR) is 247 cm³/mol. The average Bonchev–Trinajstić information content (AvgIpc) is 3.19. The molecule has 0 fully saturated rings. The molecule has 0 saturated carbocycles. The van der Waals surface area contributed by atoms with Gasteiger partial charge in [-0.1, -0.05) is 170 Å². The summed E-state index contributed by atoms with van der Waals surface area (Å²) in [6.07, 6.45) is 52.3. The number of rotatable bonds is 41. The molecule has 2 atom stereocenters. The van der Waals surface area contributed by atoms with Crippen molar-refractivity contribution in [3.05, 3.63) is 72.9 Å². The Hall–Kier alpha value is -3.23. The van der Waals surface area contributed by atoms with Crippen LogP contribution >= 0.6 is 0 Å². The molecule has 0 bridgehead atoms. The zero-order valence-electron chi connectivity index (χ0n) is 38.4. The van der Waals surface area contributed by atoms with E-state index in [9.17, 15) is 19.5 Å². The third-order valence-electron chi connectivity index (χ3n) is 10.1. The highest BCUT2D eigenvalue weighted by atomic mass is 16.6. The van der Waals surface area contributed by atoms with E-state index in [4.69, 9.17) is 14.2 Å². The maximum atomic E-state index is 12.7. The van der Waals surface area contributed by atoms with E-state index in [1.165, 1.54) is 57.8 Å². The second kappa shape index (κ2) is 41.5. The molecule has 0 saturated heterocycles. The Labute approximate surface area is 361 Å². The molecule has 0 rings (SSSR count). The number of carbonyl (C=O) groups excluding carboxylic acids is 2. The van der Waals surface area contributed by atoms with Gasteiger partial charge >= 0.3 is 17.9 Å². The van der Waals surface area contributed by atoms with Crippen LogP contribution in [-0.2, 0) is 28.6 Å². The van der Waals surface area contributed by atoms with Crippen molar-refractivity contribution in [3.63, 3.8) is 0 Å². The summed E-state index contributed by atoms with van der Waals surface area (Å²) in [6.45, 7) is 4.59. The molecule has 0 heterocycles. The van der Waals surface area contributed by atoms with E-state index in [1.807, 2.05) is 21.1 Å². The first-order valence-electron chi connectivity index (χ1n) is 23.5. The van der Waals surface area contributed by atoms with E-state index in [0.29, 0.717) is 19.3 Å². The van der Waals surface area contributed by atoms with Crippen molar-refractivity contribution in [1.82, 2.24) is 0 Å². The van der Waals surface area contributed by atoms with Gasteiger partial charge in [-0.15, -0.1) is 0 Å². The molecule has 0 aromatic heterocycles. The fraction of sp³-hybridized carbons (Fsp3) is 0.706. The summed E-state index contributed by atoms with van der Waals surface area (Å²) in [5, 5.41) is 9.63. The maximum absolute atomic E-state index is 12.7. The molecule has 0 radical (unpaired) electrons. The van der Waals surface area contributed by atoms with Gasteiger partial charge in [0.2, 0.25) is 0 Å². The second-order valence-electron chi connectivity index (χ2n) is 16.6. The maximum Gasteiger partial charge on any atom is 0.362 e. The van der Waals surface area contributed by atoms with Crippen LogP contribution in [0.1, 0.15) is 181 Å². The molecule has 8 nitrogen and oxygen atoms in total. The predicted octanol–water partition coefficient (Wildman–Crippen LogP) is 13.1. The van der Waals surface area contributed by atoms with Gasteiger partial charge in [-0.05, 0) is 64.2 Å². The van der Waals surface area contributed by atoms with Crippen LogP contribution in [0.2, 0.25) is 0 Å². The molecule has 0 amide bonds. The summed E-state index contributed by atoms with van der Waals surface area (Å²) < 4.78 is 17.3. The number of quaternary nitrogens is 1. The number of ether oxygens (including phenoxy) is 3. The number of nitrogens with zero attached hydrogens (tertiary/aromatic N) is 1. The Morgan fingerprint density at radius 1 is 0.525 bits per heavy atom. The van der Waals surface area contributed by atoms with Crippen LogP contribution < -0.4 is 0 Å². The largest absolute Gasteiger partial charge is 0.477 e. The number of esters is 2. The van der Waals surface area contributed by atoms with Crippen molar-refractivity contribution >= 4 is 17.9 Å². The Morgan fingerprint density at radius 2 is 0.949 bits per heavy atom. The van der Waals surface area contributed by atoms with E-state index < -0.39 is 18.1 Å². The van der Waals surface area contributed by atoms with Crippen molar-refractivity contribution in [1.29, 1.82) is 0 Å². The zero-order chi connectivity index (χ0) is 43.5. The summed E-state index contributed by atoms with van der Waals surface area (Å²) in [6, 6.07) is -0.622. The summed E-state index contributed by atoms with van der Waals surface area (Å²) in [7, 11) is 5.51. The number of hydrogen-bond acceptors (Lipinski definition) is 6. The third kappa shape index (κ3) is 40.0. The molecule has 0 spiro atoms. The molecular weight excluding hydrogens is 739 g/mol. The minimum atomic E-state index is -0.881. The van der Waals surface area contributed by atoms with Gasteiger partial charge in [0.25, 0.3) is 0 Å². The molecule has 0 aliphatic rings. The van der Waals surface area contributed by atoms with E-state index in [-0.39, 0.29) is 36.2 Å². The van der Waals surface area contributed by atoms with Crippen LogP contribution in [0.4, 0.5) is 0 Å². The first kappa shape index (κ1) is 55.8. The lowest BCUT2D eigenvalue weighted by Crippen LogP contribution is -2.50. The van der Waals surface area contributed by atoms with Crippen molar-refractivity contribution < 1.29 is 38.2 Å². The van der Waals surface area contributed by atoms with E-state index in [2.05, 4.69) is 86.8 Å². The smallest absolute Gasteiger partial charge is 0.362 e. The average molecular weight is 827 g/mol. The summed E-state index contributed by atoms with van der Waals surface area (Å²) in [4.78, 5) is 37.0. The Balaban J connectivity index is 4.35. The van der Waals surface area contributed by atoms with Gasteiger partial charge in [0.05, 0.1) is 34.4 Å². The van der Waals surface area contributed by atoms with Gasteiger partial charge in [0.15, 0.2) is 12.1 Å². The molecule has 8 heteroatoms. The van der Waals surface area contributed by atoms with Crippen molar-refractivity contribution in [2.75, 3.05) is 41.0 Å². The van der Waals surface area contributed by atoms with Gasteiger partial charge in [-0.3, -0.25) is 9.59 Å². The molecule has 338 valence electrons. The summed E-state index contributed by atoms with van der Waals surface area (Å²) in [5.41, 5.74) is 0. The van der Waals surface area contributed by atoms with Crippen molar-refractivity contribution in [2.24, 2.45) is 0 Å². The van der Waals surface area contributed by atoms with E-state index in [0.717, 1.165) is 89.9 Å². The Morgan fingerprint density at radius 3 is 1.41 bits per heavy atom. The zero-order valence-corrected chi connectivity index (χ0v) is 38.4. The lowest BCUT2D eigenvalue weighted by molar-refractivity contribution is -0.887. The van der Waals surface area contributed by atoms with E-state index >= 15 is 0 Å². The van der Waals surface area contributed by atoms with Gasteiger partial charge < -0.3 is 23.8 Å². The topological polar surface area (TPSA) is 99.1 Å². The number of likely N-dealkylation sites (N-methyl/N-ethyl adjacent to an activating group) is 1. The van der Waals surface area contributed by atoms with Crippen LogP contribution in [0.25, 0.3) is 0 Å². The summed E-state index contributed by atoms with van der Waals surface area (Å²) >= 11 is 0. The van der Waals surface area contributed by atoms with Gasteiger partial charge in [0.1, 0.15) is 6.61 Å². The lowest BCUT2D eigenvalue weighted by atomic mass is 10.0. The van der Waals surface area contributed by atoms with Crippen molar-refractivity contribution in [3.8, 4) is 0 Å². The Bertz CT molecular complexity index is 1190. The number of aliphatic carboxylic acids is 1. The first-order chi connectivity index (χ1) is 28.6. The minimum absolute atomic E-state index is 0.0487. The minimum Gasteiger partial charge on any atom is -0.477 e. The normalized spacial score (nSPS) is 13.6. The molecular formula is C51H88NO7+. The fourth-order valence-corrected chi connectivity index (χ4v) is 6.51. The lowest BCUT2D eigenvalue weighted by Gasteiger charge is -2.31. The van der Waals surface area contributed by atoms with Crippen molar-refractivity contribution in [2.45, 2.75) is 193 Å². The molecule has 0 aromatic rings. The number of carbonyl (C=O) groups is 3. The van der Waals surface area contributed by atoms with Crippen LogP contribution in [0.3, 0.4) is 0 Å². The van der Waals surface area contributed by atoms with Gasteiger partial charge in [-0.2, -0.15) is 0 Å². The van der Waals surface area contributed by atoms with E-state index in [1.54, 1.807) is 0 Å². The standard InChI is InChI=1S/C51H87NO7/c1-6-8-10-12-14-16-18-20-21-22-23-24-25-26-27-28-29-30-32-34-36-38-40-42-50(54)59-47(45-57-44-43-48(51(55)56)52(3,4)5)46-58-49(53)41-39-37-35-33-31-19-17-15-13-11-9-7-2/h8,10,14,16,20-21,23-24,26-27,29-30,47-48H,6-7,9,11-13,15,17-19,22,25,28,31-46H2,1-5H3/p+1/b10-8+,16-14+,21-20+,24-23+,27-26+,30-29+. The highest BCUT2D eigenvalue weighted by Crippen LogP contribution is 2.14. The van der Waals surface area contributed by atoms with Crippen LogP contribution in [0.5, 0.6) is 0 Å². The third-order valence-corrected chi connectivity index (χ3v) is 10.1. The van der Waals surface area contributed by atoms with Crippen LogP contribution in [0.15, 0.2) is 72.9 Å². The molecule has 1 N–H and O–H groups in total. The van der Waals surface area contributed by atoms with Gasteiger partial charge in [-0.25, -0.2) is 4.79 Å². The number of allylic oxidation sites excluding steroid dienone is 12. The molecule has 0 aromatic carbocycles. The van der Waals surface area contributed by atoms with Crippen LogP contribution in [-0.4, -0.2) is 80.6 Å². The quantitative estimate of drug-likeness (QED) is 0.0284. The number of carboxylic acids is 1. The number of unbranched alkanes of at least 4 members (excludes halogenated alkanes) is 15. The first-order valence-corrected chi connectivity index (χ1v) is 23.5. The summed E-state index contributed by atoms with van der Waals surface area (Å²) in [5.74, 6) is -1.50. The highest BCUT2D eigenvalue weighted by Gasteiger charge is 2.31. The monoisotopic (exact) mass is 827 g/mol. The molecule has 59 heavy (non-hydrogen) atoms. The second-order valence-corrected chi connectivity index (χ2v) is 16.6. The fourth-order valence-electron chi connectivity index (χ4n) is 6.51.